The van der Waals surface area contributed by atoms with Crippen LogP contribution in [0.2, 0.25) is 0 Å². The summed E-state index contributed by atoms with van der Waals surface area (Å²) >= 11 is 0. The Bertz CT molecular complexity index is 616. The molecule has 22 heavy (non-hydrogen) atoms. The monoisotopic (exact) mass is 313 g/mol. The van der Waals surface area contributed by atoms with Crippen molar-refractivity contribution in [3.8, 4) is 0 Å². The van der Waals surface area contributed by atoms with E-state index in [4.69, 9.17) is 5.73 Å². The number of hydrogen-bond acceptors (Lipinski definition) is 4. The van der Waals surface area contributed by atoms with Crippen molar-refractivity contribution in [1.29, 1.82) is 0 Å². The zero-order valence-corrected chi connectivity index (χ0v) is 12.2. The molecule has 1 fully saturated rings. The number of amidine groups is 1. The topological polar surface area (TPSA) is 59.6 Å². The Hall–Kier alpha value is -1.92. The first kappa shape index (κ1) is 15.0. The third-order valence-corrected chi connectivity index (χ3v) is 4.23. The van der Waals surface area contributed by atoms with Gasteiger partial charge in [0.05, 0.1) is 0 Å². The number of anilines is 1. The number of hydrogen-bond donors (Lipinski definition) is 2. The third-order valence-electron chi connectivity index (χ3n) is 4.23. The Labute approximate surface area is 126 Å². The van der Waals surface area contributed by atoms with E-state index in [0.717, 1.165) is 19.4 Å². The van der Waals surface area contributed by atoms with Crippen molar-refractivity contribution in [2.24, 2.45) is 16.6 Å². The molecule has 0 radical (unpaired) electrons. The molecule has 0 spiro atoms. The SMILES string of the molecule is CC1(c2cc(NCC3CC3)ccc2F)N=C(N)OCC1(F)F. The summed E-state index contributed by atoms with van der Waals surface area (Å²) in [6.07, 6.45) is 2.32. The van der Waals surface area contributed by atoms with E-state index in [1.54, 1.807) is 0 Å². The lowest BCUT2D eigenvalue weighted by molar-refractivity contribution is -0.117. The lowest BCUT2D eigenvalue weighted by Gasteiger charge is -2.37. The second-order valence-corrected chi connectivity index (χ2v) is 6.03. The second-order valence-electron chi connectivity index (χ2n) is 6.03. The Balaban J connectivity index is 1.97. The molecule has 0 saturated heterocycles. The molecule has 1 aliphatic heterocycles. The normalized spacial score (nSPS) is 27.0. The molecule has 0 amide bonds. The van der Waals surface area contributed by atoms with Gasteiger partial charge in [-0.05, 0) is 43.9 Å². The minimum absolute atomic E-state index is 0.190. The maximum Gasteiger partial charge on any atom is 0.310 e. The smallest absolute Gasteiger partial charge is 0.310 e. The van der Waals surface area contributed by atoms with Crippen molar-refractivity contribution in [3.63, 3.8) is 0 Å². The first-order valence-electron chi connectivity index (χ1n) is 7.22. The number of aliphatic imine (C=N–C) groups is 1. The number of ether oxygens (including phenoxy) is 1. The highest BCUT2D eigenvalue weighted by atomic mass is 19.3. The van der Waals surface area contributed by atoms with Crippen molar-refractivity contribution in [1.82, 2.24) is 0 Å². The maximum absolute atomic E-state index is 14.3. The zero-order chi connectivity index (χ0) is 16.0. The number of halogens is 3. The molecule has 0 aromatic heterocycles. The van der Waals surface area contributed by atoms with Gasteiger partial charge in [0.25, 0.3) is 6.02 Å². The molecule has 0 bridgehead atoms. The molecule has 1 heterocycles. The predicted molar refractivity (Wildman–Crippen MR) is 77.5 cm³/mol. The summed E-state index contributed by atoms with van der Waals surface area (Å²) in [7, 11) is 0. The third kappa shape index (κ3) is 2.60. The van der Waals surface area contributed by atoms with E-state index in [2.05, 4.69) is 15.0 Å². The Morgan fingerprint density at radius 1 is 1.41 bits per heavy atom. The van der Waals surface area contributed by atoms with Crippen LogP contribution in [0.4, 0.5) is 18.9 Å². The summed E-state index contributed by atoms with van der Waals surface area (Å²) in [5.74, 6) is -3.48. The van der Waals surface area contributed by atoms with Crippen molar-refractivity contribution in [2.45, 2.75) is 31.2 Å². The molecule has 7 heteroatoms. The number of nitrogens with two attached hydrogens (primary N) is 1. The summed E-state index contributed by atoms with van der Waals surface area (Å²) in [5.41, 5.74) is 3.74. The van der Waals surface area contributed by atoms with Gasteiger partial charge < -0.3 is 15.8 Å². The zero-order valence-electron chi connectivity index (χ0n) is 12.2. The molecule has 1 saturated carbocycles. The maximum atomic E-state index is 14.3. The van der Waals surface area contributed by atoms with Crippen LogP contribution in [0.15, 0.2) is 23.2 Å². The van der Waals surface area contributed by atoms with Crippen LogP contribution in [0.5, 0.6) is 0 Å². The van der Waals surface area contributed by atoms with E-state index < -0.39 is 23.9 Å². The van der Waals surface area contributed by atoms with Gasteiger partial charge in [-0.25, -0.2) is 9.38 Å². The van der Waals surface area contributed by atoms with Gasteiger partial charge in [-0.1, -0.05) is 0 Å². The lowest BCUT2D eigenvalue weighted by Crippen LogP contribution is -2.51. The van der Waals surface area contributed by atoms with Gasteiger partial charge in [0, 0.05) is 17.8 Å². The van der Waals surface area contributed by atoms with Crippen LogP contribution in [-0.4, -0.2) is 25.1 Å². The van der Waals surface area contributed by atoms with E-state index in [0.29, 0.717) is 11.6 Å². The molecule has 1 atom stereocenters. The van der Waals surface area contributed by atoms with Gasteiger partial charge in [-0.15, -0.1) is 0 Å². The number of rotatable bonds is 4. The Morgan fingerprint density at radius 2 is 2.14 bits per heavy atom. The van der Waals surface area contributed by atoms with Crippen LogP contribution < -0.4 is 11.1 Å². The summed E-state index contributed by atoms with van der Waals surface area (Å²) in [4.78, 5) is 3.70. The molecule has 1 aliphatic carbocycles. The van der Waals surface area contributed by atoms with Crippen LogP contribution in [0.25, 0.3) is 0 Å². The van der Waals surface area contributed by atoms with Crippen LogP contribution in [0, 0.1) is 11.7 Å². The van der Waals surface area contributed by atoms with Crippen LogP contribution >= 0.6 is 0 Å². The minimum Gasteiger partial charge on any atom is -0.459 e. The first-order chi connectivity index (χ1) is 10.3. The summed E-state index contributed by atoms with van der Waals surface area (Å²) < 4.78 is 47.3. The molecule has 1 aromatic carbocycles. The molecule has 1 unspecified atom stereocenters. The number of alkyl halides is 2. The molecular formula is C15H18F3N3O. The molecular weight excluding hydrogens is 295 g/mol. The molecule has 3 N–H and O–H groups in total. The molecule has 120 valence electrons. The van der Waals surface area contributed by atoms with Crippen molar-refractivity contribution in [2.75, 3.05) is 18.5 Å². The fourth-order valence-corrected chi connectivity index (χ4v) is 2.49. The van der Waals surface area contributed by atoms with Gasteiger partial charge in [-0.2, -0.15) is 8.78 Å². The number of nitrogens with one attached hydrogen (secondary N) is 1. The lowest BCUT2D eigenvalue weighted by atomic mass is 9.85. The Kier molecular flexibility index (Phi) is 3.45. The van der Waals surface area contributed by atoms with Gasteiger partial charge in [0.15, 0.2) is 12.1 Å². The largest absolute Gasteiger partial charge is 0.459 e. The standard InChI is InChI=1S/C15H18F3N3O/c1-14(15(17,18)8-22-13(19)21-14)11-6-10(4-5-12(11)16)20-7-9-2-3-9/h4-6,9,20H,2-3,7-8H2,1H3,(H2,19,21). The van der Waals surface area contributed by atoms with Crippen molar-refractivity contribution in [3.05, 3.63) is 29.6 Å². The molecule has 2 aliphatic rings. The van der Waals surface area contributed by atoms with Crippen LogP contribution in [0.3, 0.4) is 0 Å². The van der Waals surface area contributed by atoms with E-state index >= 15 is 0 Å². The summed E-state index contributed by atoms with van der Waals surface area (Å²) in [6.45, 7) is 1.01. The second kappa shape index (κ2) is 5.07. The van der Waals surface area contributed by atoms with Crippen molar-refractivity contribution >= 4 is 11.7 Å². The highest BCUT2D eigenvalue weighted by Crippen LogP contribution is 2.45. The highest BCUT2D eigenvalue weighted by molar-refractivity contribution is 5.73. The average Bonchev–Trinajstić information content (AvgIpc) is 3.27. The first-order valence-corrected chi connectivity index (χ1v) is 7.22. The van der Waals surface area contributed by atoms with E-state index in [-0.39, 0.29) is 11.6 Å². The molecule has 1 aromatic rings. The predicted octanol–water partition coefficient (Wildman–Crippen LogP) is 2.84. The highest BCUT2D eigenvalue weighted by Gasteiger charge is 2.56. The van der Waals surface area contributed by atoms with Gasteiger partial charge >= 0.3 is 5.92 Å². The minimum atomic E-state index is -3.36. The average molecular weight is 313 g/mol. The Morgan fingerprint density at radius 3 is 2.82 bits per heavy atom. The van der Waals surface area contributed by atoms with E-state index in [9.17, 15) is 13.2 Å². The molecule has 4 nitrogen and oxygen atoms in total. The van der Waals surface area contributed by atoms with Gasteiger partial charge in [-0.3, -0.25) is 0 Å². The fourth-order valence-electron chi connectivity index (χ4n) is 2.49. The van der Waals surface area contributed by atoms with Crippen LogP contribution in [0.1, 0.15) is 25.3 Å². The summed E-state index contributed by atoms with van der Waals surface area (Å²) in [6, 6.07) is 3.74. The van der Waals surface area contributed by atoms with Gasteiger partial charge in [0.1, 0.15) is 5.82 Å². The fraction of sp³-hybridized carbons (Fsp3) is 0.533. The van der Waals surface area contributed by atoms with E-state index in [1.807, 2.05) is 0 Å². The quantitative estimate of drug-likeness (QED) is 0.898. The van der Waals surface area contributed by atoms with Crippen molar-refractivity contribution < 1.29 is 17.9 Å². The number of nitrogens with zero attached hydrogens (tertiary/aromatic N) is 1. The van der Waals surface area contributed by atoms with Gasteiger partial charge in [0.2, 0.25) is 0 Å². The van der Waals surface area contributed by atoms with Crippen LogP contribution in [-0.2, 0) is 10.3 Å². The molecule has 3 rings (SSSR count). The van der Waals surface area contributed by atoms with E-state index in [1.165, 1.54) is 25.1 Å². The number of benzene rings is 1. The summed E-state index contributed by atoms with van der Waals surface area (Å²) in [5, 5.41) is 3.15.